The highest BCUT2D eigenvalue weighted by Gasteiger charge is 2.17. The van der Waals surface area contributed by atoms with Gasteiger partial charge in [-0.2, -0.15) is 0 Å². The maximum atomic E-state index is 12.8. The van der Waals surface area contributed by atoms with Gasteiger partial charge in [0.1, 0.15) is 6.61 Å². The molecule has 1 atom stereocenters. The number of hydrogen-bond acceptors (Lipinski definition) is 5. The van der Waals surface area contributed by atoms with Gasteiger partial charge in [-0.15, -0.1) is 0 Å². The molecule has 0 heterocycles. The lowest BCUT2D eigenvalue weighted by Gasteiger charge is -2.18. The number of hydrogen-bond donors (Lipinski definition) is 0. The first-order chi connectivity index (χ1) is 30.6. The fourth-order valence-corrected chi connectivity index (χ4v) is 7.58. The minimum atomic E-state index is -0.567. The van der Waals surface area contributed by atoms with Crippen molar-refractivity contribution >= 4 is 11.9 Å². The van der Waals surface area contributed by atoms with E-state index < -0.39 is 6.10 Å². The van der Waals surface area contributed by atoms with Gasteiger partial charge < -0.3 is 14.2 Å². The molecule has 0 aromatic rings. The molecule has 0 aromatic carbocycles. The average Bonchev–Trinajstić information content (AvgIpc) is 3.27. The quantitative estimate of drug-likeness (QED) is 0.0346. The number of carbonyl (C=O) groups excluding carboxylic acids is 2. The summed E-state index contributed by atoms with van der Waals surface area (Å²) in [7, 11) is 0. The smallest absolute Gasteiger partial charge is 0.306 e. The van der Waals surface area contributed by atoms with Gasteiger partial charge in [0.15, 0.2) is 6.10 Å². The molecule has 0 rings (SSSR count). The molecular weight excluding hydrogens is 765 g/mol. The molecule has 62 heavy (non-hydrogen) atoms. The molecule has 1 unspecified atom stereocenters. The zero-order valence-electron chi connectivity index (χ0n) is 41.4. The van der Waals surface area contributed by atoms with Crippen LogP contribution in [0.2, 0.25) is 0 Å². The Bertz CT molecular complexity index is 1070. The second-order valence-electron chi connectivity index (χ2n) is 17.8. The molecular formula is C57H102O5. The highest BCUT2D eigenvalue weighted by atomic mass is 16.6. The van der Waals surface area contributed by atoms with Crippen molar-refractivity contribution in [2.45, 2.75) is 271 Å². The number of allylic oxidation sites excluding steroid dienone is 10. The second kappa shape index (κ2) is 52.9. The van der Waals surface area contributed by atoms with Crippen LogP contribution < -0.4 is 0 Å². The summed E-state index contributed by atoms with van der Waals surface area (Å²) in [4.78, 5) is 25.3. The Morgan fingerprint density at radius 1 is 0.371 bits per heavy atom. The van der Waals surface area contributed by atoms with E-state index >= 15 is 0 Å². The number of carbonyl (C=O) groups is 2. The van der Waals surface area contributed by atoms with Gasteiger partial charge in [-0.3, -0.25) is 9.59 Å². The molecule has 360 valence electrons. The maximum Gasteiger partial charge on any atom is 0.306 e. The van der Waals surface area contributed by atoms with Crippen molar-refractivity contribution in [3.63, 3.8) is 0 Å². The molecule has 0 saturated carbocycles. The summed E-state index contributed by atoms with van der Waals surface area (Å²) in [5.41, 5.74) is 0. The normalized spacial score (nSPS) is 12.6. The van der Waals surface area contributed by atoms with Crippen molar-refractivity contribution in [2.75, 3.05) is 19.8 Å². The second-order valence-corrected chi connectivity index (χ2v) is 17.8. The van der Waals surface area contributed by atoms with Crippen molar-refractivity contribution < 1.29 is 23.8 Å². The lowest BCUT2D eigenvalue weighted by atomic mass is 10.0. The first-order valence-electron chi connectivity index (χ1n) is 26.8. The molecule has 0 saturated heterocycles. The highest BCUT2D eigenvalue weighted by Crippen LogP contribution is 2.16. The molecule has 0 fully saturated rings. The minimum absolute atomic E-state index is 0.0458. The average molecular weight is 867 g/mol. The van der Waals surface area contributed by atoms with Crippen LogP contribution in [-0.4, -0.2) is 37.9 Å². The molecule has 0 N–H and O–H groups in total. The molecule has 0 aliphatic rings. The van der Waals surface area contributed by atoms with Gasteiger partial charge in [-0.25, -0.2) is 0 Å². The SMILES string of the molecule is CC/C=C\C/C=C\C/C=C\C/C=C\CCC(=O)OCC(COCCCCCCCCCCCCCCCCCCCCCC)OC(=O)CCCCCCC/C=C\CCCCCC. The molecule has 5 nitrogen and oxygen atoms in total. The summed E-state index contributed by atoms with van der Waals surface area (Å²) in [6, 6.07) is 0. The first-order valence-corrected chi connectivity index (χ1v) is 26.8. The van der Waals surface area contributed by atoms with Crippen molar-refractivity contribution in [1.82, 2.24) is 0 Å². The van der Waals surface area contributed by atoms with Crippen LogP contribution in [0, 0.1) is 0 Å². The van der Waals surface area contributed by atoms with E-state index in [-0.39, 0.29) is 25.2 Å². The molecule has 0 amide bonds. The summed E-state index contributed by atoms with van der Waals surface area (Å²) in [6.07, 6.45) is 66.8. The largest absolute Gasteiger partial charge is 0.462 e. The van der Waals surface area contributed by atoms with Crippen LogP contribution in [-0.2, 0) is 23.8 Å². The number of rotatable bonds is 49. The summed E-state index contributed by atoms with van der Waals surface area (Å²) in [6.45, 7) is 7.65. The number of unbranched alkanes of at least 4 members (excludes halogenated alkanes) is 28. The summed E-state index contributed by atoms with van der Waals surface area (Å²) < 4.78 is 17.3. The Kier molecular flexibility index (Phi) is 50.9. The minimum Gasteiger partial charge on any atom is -0.462 e. The Balaban J connectivity index is 4.26. The Labute approximate surface area is 385 Å². The molecule has 0 bridgehead atoms. The van der Waals surface area contributed by atoms with Crippen LogP contribution in [0.3, 0.4) is 0 Å². The van der Waals surface area contributed by atoms with Crippen molar-refractivity contribution in [1.29, 1.82) is 0 Å². The standard InChI is InChI=1S/C57H102O5/c1-4-7-10-13-16-19-22-25-26-27-28-29-30-31-34-37-40-43-46-49-52-60-53-55(62-57(59)51-48-45-42-39-36-33-24-21-18-15-12-9-6-3)54-61-56(58)50-47-44-41-38-35-32-23-20-17-14-11-8-5-2/h8,11,17,20-21,24,32,35,41,44,55H,4-7,9-10,12-16,18-19,22-23,25-31,33-34,36-40,42-43,45-54H2,1-3H3/b11-8-,20-17-,24-21-,35-32-,44-41-. The topological polar surface area (TPSA) is 61.8 Å². The van der Waals surface area contributed by atoms with Gasteiger partial charge in [-0.1, -0.05) is 242 Å². The van der Waals surface area contributed by atoms with Crippen LogP contribution in [0.15, 0.2) is 60.8 Å². The van der Waals surface area contributed by atoms with Gasteiger partial charge in [0.25, 0.3) is 0 Å². The Morgan fingerprint density at radius 3 is 1.24 bits per heavy atom. The third-order valence-electron chi connectivity index (χ3n) is 11.6. The number of ether oxygens (including phenoxy) is 3. The predicted octanol–water partition coefficient (Wildman–Crippen LogP) is 18.1. The Hall–Kier alpha value is -2.40. The van der Waals surface area contributed by atoms with Gasteiger partial charge >= 0.3 is 11.9 Å². The molecule has 0 spiro atoms. The zero-order chi connectivity index (χ0) is 44.9. The van der Waals surface area contributed by atoms with E-state index in [0.29, 0.717) is 25.9 Å². The number of esters is 2. The van der Waals surface area contributed by atoms with E-state index in [1.54, 1.807) is 0 Å². The van der Waals surface area contributed by atoms with Gasteiger partial charge in [0.05, 0.1) is 6.61 Å². The molecule has 0 aliphatic carbocycles. The van der Waals surface area contributed by atoms with E-state index in [1.165, 1.54) is 161 Å². The molecule has 0 aromatic heterocycles. The molecule has 0 radical (unpaired) electrons. The fraction of sp³-hybridized carbons (Fsp3) is 0.789. The molecule has 0 aliphatic heterocycles. The third-order valence-corrected chi connectivity index (χ3v) is 11.6. The van der Waals surface area contributed by atoms with Crippen LogP contribution in [0.25, 0.3) is 0 Å². The van der Waals surface area contributed by atoms with Crippen LogP contribution in [0.1, 0.15) is 265 Å². The van der Waals surface area contributed by atoms with Gasteiger partial charge in [0, 0.05) is 19.4 Å². The summed E-state index contributed by atoms with van der Waals surface area (Å²) >= 11 is 0. The van der Waals surface area contributed by atoms with E-state index in [4.69, 9.17) is 14.2 Å². The van der Waals surface area contributed by atoms with E-state index in [1.807, 2.05) is 6.08 Å². The Morgan fingerprint density at radius 2 is 0.758 bits per heavy atom. The van der Waals surface area contributed by atoms with Crippen LogP contribution >= 0.6 is 0 Å². The predicted molar refractivity (Wildman–Crippen MR) is 270 cm³/mol. The van der Waals surface area contributed by atoms with Crippen LogP contribution in [0.5, 0.6) is 0 Å². The summed E-state index contributed by atoms with van der Waals surface area (Å²) in [5.74, 6) is -0.492. The highest BCUT2D eigenvalue weighted by molar-refractivity contribution is 5.70. The van der Waals surface area contributed by atoms with E-state index in [9.17, 15) is 9.59 Å². The lowest BCUT2D eigenvalue weighted by molar-refractivity contribution is -0.162. The van der Waals surface area contributed by atoms with Crippen molar-refractivity contribution in [3.8, 4) is 0 Å². The maximum absolute atomic E-state index is 12.8. The van der Waals surface area contributed by atoms with E-state index in [2.05, 4.69) is 75.5 Å². The fourth-order valence-electron chi connectivity index (χ4n) is 7.58. The molecule has 5 heteroatoms. The first kappa shape index (κ1) is 59.6. The van der Waals surface area contributed by atoms with Crippen molar-refractivity contribution in [3.05, 3.63) is 60.8 Å². The van der Waals surface area contributed by atoms with Gasteiger partial charge in [-0.05, 0) is 70.6 Å². The van der Waals surface area contributed by atoms with Crippen molar-refractivity contribution in [2.24, 2.45) is 0 Å². The third kappa shape index (κ3) is 50.2. The summed E-state index contributed by atoms with van der Waals surface area (Å²) in [5, 5.41) is 0. The lowest BCUT2D eigenvalue weighted by Crippen LogP contribution is -2.30. The van der Waals surface area contributed by atoms with E-state index in [0.717, 1.165) is 64.2 Å². The monoisotopic (exact) mass is 867 g/mol. The van der Waals surface area contributed by atoms with Crippen LogP contribution in [0.4, 0.5) is 0 Å². The van der Waals surface area contributed by atoms with Gasteiger partial charge in [0.2, 0.25) is 0 Å². The zero-order valence-corrected chi connectivity index (χ0v) is 41.4.